The third-order valence-corrected chi connectivity index (χ3v) is 5.28. The van der Waals surface area contributed by atoms with Crippen LogP contribution in [-0.2, 0) is 0 Å². The van der Waals surface area contributed by atoms with E-state index in [1.165, 1.54) is 6.33 Å². The van der Waals surface area contributed by atoms with Gasteiger partial charge in [0.2, 0.25) is 0 Å². The van der Waals surface area contributed by atoms with Crippen molar-refractivity contribution >= 4 is 16.8 Å². The van der Waals surface area contributed by atoms with Crippen molar-refractivity contribution in [1.82, 2.24) is 24.6 Å². The summed E-state index contributed by atoms with van der Waals surface area (Å²) < 4.78 is 1.71. The molecule has 6 nitrogen and oxygen atoms in total. The summed E-state index contributed by atoms with van der Waals surface area (Å²) in [6, 6.07) is 15.8. The standard InChI is InChI=1S/C23H23N5O/c1-15-5-10-22-20(11-15)21(12-16(2)26-22)23(29)27(4)17(3)18-6-8-19(9-7-18)28-14-24-13-25-28/h5-14,17H,1-4H3. The maximum Gasteiger partial charge on any atom is 0.254 e. The quantitative estimate of drug-likeness (QED) is 0.526. The van der Waals surface area contributed by atoms with Gasteiger partial charge in [-0.2, -0.15) is 5.10 Å². The van der Waals surface area contributed by atoms with Gasteiger partial charge in [-0.05, 0) is 56.7 Å². The van der Waals surface area contributed by atoms with Crippen molar-refractivity contribution in [2.24, 2.45) is 0 Å². The molecule has 0 aliphatic heterocycles. The molecule has 0 saturated carbocycles. The Balaban J connectivity index is 1.64. The summed E-state index contributed by atoms with van der Waals surface area (Å²) in [6.45, 7) is 5.98. The molecule has 2 aromatic heterocycles. The van der Waals surface area contributed by atoms with Gasteiger partial charge in [0.1, 0.15) is 12.7 Å². The normalized spacial score (nSPS) is 12.1. The maximum absolute atomic E-state index is 13.4. The monoisotopic (exact) mass is 385 g/mol. The van der Waals surface area contributed by atoms with Gasteiger partial charge in [0, 0.05) is 18.1 Å². The number of aromatic nitrogens is 4. The van der Waals surface area contributed by atoms with Crippen LogP contribution in [0.3, 0.4) is 0 Å². The Labute approximate surface area is 169 Å². The molecule has 1 atom stereocenters. The van der Waals surface area contributed by atoms with E-state index in [0.717, 1.165) is 33.4 Å². The van der Waals surface area contributed by atoms with E-state index in [0.29, 0.717) is 5.56 Å². The van der Waals surface area contributed by atoms with Gasteiger partial charge in [0.25, 0.3) is 5.91 Å². The minimum absolute atomic E-state index is 0.0149. The van der Waals surface area contributed by atoms with Crippen molar-refractivity contribution in [3.8, 4) is 5.69 Å². The van der Waals surface area contributed by atoms with E-state index in [1.54, 1.807) is 15.9 Å². The molecule has 1 unspecified atom stereocenters. The van der Waals surface area contributed by atoms with Crippen LogP contribution >= 0.6 is 0 Å². The molecule has 0 fully saturated rings. The first kappa shape index (κ1) is 18.8. The third-order valence-electron chi connectivity index (χ3n) is 5.28. The fraction of sp³-hybridized carbons (Fsp3) is 0.217. The second-order valence-electron chi connectivity index (χ2n) is 7.36. The molecule has 4 aromatic rings. The number of amides is 1. The summed E-state index contributed by atoms with van der Waals surface area (Å²) in [7, 11) is 1.84. The lowest BCUT2D eigenvalue weighted by atomic mass is 10.0. The summed E-state index contributed by atoms with van der Waals surface area (Å²) in [4.78, 5) is 23.7. The number of fused-ring (bicyclic) bond motifs is 1. The smallest absolute Gasteiger partial charge is 0.254 e. The number of pyridine rings is 1. The van der Waals surface area contributed by atoms with E-state index >= 15 is 0 Å². The van der Waals surface area contributed by atoms with Gasteiger partial charge >= 0.3 is 0 Å². The number of carbonyl (C=O) groups excluding carboxylic acids is 1. The molecule has 6 heteroatoms. The van der Waals surface area contributed by atoms with Crippen LogP contribution in [0.2, 0.25) is 0 Å². The Morgan fingerprint density at radius 2 is 1.83 bits per heavy atom. The molecule has 0 aliphatic carbocycles. The molecule has 146 valence electrons. The van der Waals surface area contributed by atoms with Crippen molar-refractivity contribution in [2.45, 2.75) is 26.8 Å². The molecule has 4 rings (SSSR count). The van der Waals surface area contributed by atoms with E-state index in [-0.39, 0.29) is 11.9 Å². The highest BCUT2D eigenvalue weighted by Crippen LogP contribution is 2.26. The van der Waals surface area contributed by atoms with Crippen molar-refractivity contribution < 1.29 is 4.79 Å². The van der Waals surface area contributed by atoms with Crippen LogP contribution in [0.25, 0.3) is 16.6 Å². The largest absolute Gasteiger partial charge is 0.335 e. The number of aryl methyl sites for hydroxylation is 2. The molecular weight excluding hydrogens is 362 g/mol. The lowest BCUT2D eigenvalue weighted by molar-refractivity contribution is 0.0744. The second-order valence-corrected chi connectivity index (χ2v) is 7.36. The predicted octanol–water partition coefficient (Wildman–Crippen LogP) is 4.27. The second kappa shape index (κ2) is 7.47. The summed E-state index contributed by atoms with van der Waals surface area (Å²) in [5.74, 6) is -0.0149. The minimum atomic E-state index is -0.0828. The Morgan fingerprint density at radius 1 is 1.07 bits per heavy atom. The van der Waals surface area contributed by atoms with Crippen molar-refractivity contribution in [3.05, 3.63) is 83.6 Å². The van der Waals surface area contributed by atoms with Gasteiger partial charge in [-0.3, -0.25) is 9.78 Å². The van der Waals surface area contributed by atoms with Gasteiger partial charge in [0.05, 0.1) is 22.8 Å². The zero-order valence-corrected chi connectivity index (χ0v) is 17.0. The number of rotatable bonds is 4. The molecule has 0 N–H and O–H groups in total. The Kier molecular flexibility index (Phi) is 4.84. The number of nitrogens with zero attached hydrogens (tertiary/aromatic N) is 5. The third kappa shape index (κ3) is 3.61. The molecule has 0 aliphatic rings. The Bertz CT molecular complexity index is 1170. The summed E-state index contributed by atoms with van der Waals surface area (Å²) in [6.07, 6.45) is 3.17. The average Bonchev–Trinajstić information content (AvgIpc) is 3.27. The molecule has 0 radical (unpaired) electrons. The zero-order chi connectivity index (χ0) is 20.5. The fourth-order valence-corrected chi connectivity index (χ4v) is 3.49. The molecule has 0 bridgehead atoms. The molecule has 0 saturated heterocycles. The molecular formula is C23H23N5O. The van der Waals surface area contributed by atoms with Crippen LogP contribution in [0, 0.1) is 13.8 Å². The first-order valence-electron chi connectivity index (χ1n) is 9.54. The van der Waals surface area contributed by atoms with Gasteiger partial charge in [0.15, 0.2) is 0 Å². The lowest BCUT2D eigenvalue weighted by Crippen LogP contribution is -2.30. The minimum Gasteiger partial charge on any atom is -0.335 e. The number of benzene rings is 2. The molecule has 2 heterocycles. The van der Waals surface area contributed by atoms with E-state index in [2.05, 4.69) is 15.1 Å². The molecule has 2 aromatic carbocycles. The molecule has 29 heavy (non-hydrogen) atoms. The van der Waals surface area contributed by atoms with Crippen molar-refractivity contribution in [2.75, 3.05) is 7.05 Å². The van der Waals surface area contributed by atoms with Gasteiger partial charge in [-0.1, -0.05) is 23.8 Å². The Hall–Kier alpha value is -3.54. The Morgan fingerprint density at radius 3 is 2.52 bits per heavy atom. The van der Waals surface area contributed by atoms with Crippen LogP contribution in [0.15, 0.2) is 61.2 Å². The van der Waals surface area contributed by atoms with Gasteiger partial charge in [-0.25, -0.2) is 9.67 Å². The number of hydrogen-bond donors (Lipinski definition) is 0. The lowest BCUT2D eigenvalue weighted by Gasteiger charge is -2.26. The first-order chi connectivity index (χ1) is 13.9. The zero-order valence-electron chi connectivity index (χ0n) is 17.0. The summed E-state index contributed by atoms with van der Waals surface area (Å²) >= 11 is 0. The van der Waals surface area contributed by atoms with E-state index in [1.807, 2.05) is 76.3 Å². The molecule has 1 amide bonds. The first-order valence-corrected chi connectivity index (χ1v) is 9.54. The van der Waals surface area contributed by atoms with E-state index in [4.69, 9.17) is 0 Å². The fourth-order valence-electron chi connectivity index (χ4n) is 3.49. The topological polar surface area (TPSA) is 63.9 Å². The van der Waals surface area contributed by atoms with Crippen LogP contribution in [0.1, 0.15) is 40.1 Å². The summed E-state index contributed by atoms with van der Waals surface area (Å²) in [5, 5.41) is 5.03. The van der Waals surface area contributed by atoms with Crippen LogP contribution in [0.4, 0.5) is 0 Å². The van der Waals surface area contributed by atoms with Crippen molar-refractivity contribution in [3.63, 3.8) is 0 Å². The average molecular weight is 385 g/mol. The van der Waals surface area contributed by atoms with Gasteiger partial charge < -0.3 is 4.90 Å². The maximum atomic E-state index is 13.4. The van der Waals surface area contributed by atoms with Crippen LogP contribution < -0.4 is 0 Å². The summed E-state index contributed by atoms with van der Waals surface area (Å²) in [5.41, 5.74) is 5.45. The number of hydrogen-bond acceptors (Lipinski definition) is 4. The number of carbonyl (C=O) groups is 1. The SMILES string of the molecule is Cc1ccc2nc(C)cc(C(=O)N(C)C(C)c3ccc(-n4cncn4)cc3)c2c1. The van der Waals surface area contributed by atoms with E-state index in [9.17, 15) is 4.79 Å². The van der Waals surface area contributed by atoms with Crippen LogP contribution in [0.5, 0.6) is 0 Å². The highest BCUT2D eigenvalue weighted by Gasteiger charge is 2.21. The van der Waals surface area contributed by atoms with E-state index < -0.39 is 0 Å². The van der Waals surface area contributed by atoms with Crippen LogP contribution in [-0.4, -0.2) is 37.6 Å². The van der Waals surface area contributed by atoms with Gasteiger partial charge in [-0.15, -0.1) is 0 Å². The molecule has 0 spiro atoms. The predicted molar refractivity (Wildman–Crippen MR) is 113 cm³/mol. The highest BCUT2D eigenvalue weighted by molar-refractivity contribution is 6.06. The highest BCUT2D eigenvalue weighted by atomic mass is 16.2. The van der Waals surface area contributed by atoms with Crippen molar-refractivity contribution in [1.29, 1.82) is 0 Å².